The summed E-state index contributed by atoms with van der Waals surface area (Å²) in [5.41, 5.74) is 1.14. The van der Waals surface area contributed by atoms with Crippen LogP contribution < -0.4 is 20.7 Å². The van der Waals surface area contributed by atoms with Crippen molar-refractivity contribution in [2.24, 2.45) is 30.2 Å². The van der Waals surface area contributed by atoms with Crippen molar-refractivity contribution in [3.63, 3.8) is 0 Å². The van der Waals surface area contributed by atoms with Crippen molar-refractivity contribution in [1.82, 2.24) is 25.7 Å². The van der Waals surface area contributed by atoms with Crippen LogP contribution >= 0.6 is 0 Å². The first-order valence-corrected chi connectivity index (χ1v) is 17.3. The number of aryl methyl sites for hydroxylation is 2. The van der Waals surface area contributed by atoms with E-state index < -0.39 is 42.4 Å². The van der Waals surface area contributed by atoms with E-state index in [4.69, 9.17) is 14.0 Å². The molecule has 1 saturated heterocycles. The van der Waals surface area contributed by atoms with Crippen LogP contribution in [0.5, 0.6) is 11.5 Å². The van der Waals surface area contributed by atoms with E-state index >= 15 is 0 Å². The summed E-state index contributed by atoms with van der Waals surface area (Å²) < 4.78 is 20.7. The maximum absolute atomic E-state index is 14.1. The van der Waals surface area contributed by atoms with Crippen molar-refractivity contribution in [3.8, 4) is 11.5 Å². The van der Waals surface area contributed by atoms with Gasteiger partial charge >= 0.3 is 7.12 Å². The first-order valence-electron chi connectivity index (χ1n) is 17.3. The molecular formula is C37H48BN5O6. The fraction of sp³-hybridized carbons (Fsp3) is 0.514. The van der Waals surface area contributed by atoms with Gasteiger partial charge in [0.2, 0.25) is 5.91 Å². The smallest absolute Gasteiger partial charge is 0.457 e. The summed E-state index contributed by atoms with van der Waals surface area (Å²) in [6, 6.07) is 16.6. The highest BCUT2D eigenvalue weighted by molar-refractivity contribution is 6.48. The lowest BCUT2D eigenvalue weighted by atomic mass is 9.43. The molecule has 2 aromatic carbocycles. The molecular weight excluding hydrogens is 621 g/mol. The number of carbonyl (C=O) groups is 3. The Morgan fingerprint density at radius 1 is 1.00 bits per heavy atom. The number of para-hydroxylation sites is 1. The average Bonchev–Trinajstić information content (AvgIpc) is 3.60. The van der Waals surface area contributed by atoms with Crippen LogP contribution in [-0.4, -0.2) is 64.9 Å². The van der Waals surface area contributed by atoms with Gasteiger partial charge in [-0.15, -0.1) is 0 Å². The molecule has 3 amide bonds. The summed E-state index contributed by atoms with van der Waals surface area (Å²) in [5.74, 6) is 0.683. The molecule has 2 heterocycles. The van der Waals surface area contributed by atoms with Crippen molar-refractivity contribution in [2.75, 3.05) is 6.54 Å². The Hall–Kier alpha value is -4.16. The van der Waals surface area contributed by atoms with Gasteiger partial charge in [-0.3, -0.25) is 19.1 Å². The van der Waals surface area contributed by atoms with Gasteiger partial charge in [-0.05, 0) is 98.7 Å². The highest BCUT2D eigenvalue weighted by atomic mass is 16.7. The zero-order valence-corrected chi connectivity index (χ0v) is 29.5. The van der Waals surface area contributed by atoms with E-state index in [1.54, 1.807) is 44.3 Å². The third-order valence-corrected chi connectivity index (χ3v) is 10.8. The molecule has 2 bridgehead atoms. The van der Waals surface area contributed by atoms with E-state index in [-0.39, 0.29) is 24.0 Å². The molecule has 3 aromatic rings. The molecule has 1 aromatic heterocycles. The Balaban J connectivity index is 1.18. The molecule has 1 aliphatic heterocycles. The van der Waals surface area contributed by atoms with Crippen molar-refractivity contribution in [2.45, 2.75) is 84.5 Å². The molecule has 0 unspecified atom stereocenters. The molecule has 4 fully saturated rings. The number of nitrogens with zero attached hydrogens (tertiary/aromatic N) is 2. The van der Waals surface area contributed by atoms with Gasteiger partial charge in [-0.25, -0.2) is 0 Å². The van der Waals surface area contributed by atoms with Crippen LogP contribution in [0.1, 0.15) is 80.4 Å². The summed E-state index contributed by atoms with van der Waals surface area (Å²) in [5, 5.41) is 13.1. The number of carbonyl (C=O) groups excluding carboxylic acids is 3. The molecule has 4 aliphatic rings. The Labute approximate surface area is 289 Å². The molecule has 12 heteroatoms. The second kappa shape index (κ2) is 13.6. The van der Waals surface area contributed by atoms with E-state index in [1.807, 2.05) is 30.3 Å². The fourth-order valence-corrected chi connectivity index (χ4v) is 7.96. The predicted molar refractivity (Wildman–Crippen MR) is 186 cm³/mol. The summed E-state index contributed by atoms with van der Waals surface area (Å²) in [7, 11) is 1.05. The van der Waals surface area contributed by atoms with Crippen LogP contribution in [-0.2, 0) is 21.2 Å². The van der Waals surface area contributed by atoms with E-state index in [2.05, 4.69) is 55.7 Å². The molecule has 11 nitrogen and oxygen atoms in total. The lowest BCUT2D eigenvalue weighted by molar-refractivity contribution is -0.199. The molecule has 3 N–H and O–H groups in total. The van der Waals surface area contributed by atoms with E-state index in [0.717, 1.165) is 12.8 Å². The van der Waals surface area contributed by atoms with Crippen LogP contribution in [0.2, 0.25) is 0 Å². The van der Waals surface area contributed by atoms with Crippen molar-refractivity contribution in [1.29, 1.82) is 0 Å². The van der Waals surface area contributed by atoms with Gasteiger partial charge in [-0.1, -0.05) is 45.9 Å². The molecule has 260 valence electrons. The first-order chi connectivity index (χ1) is 23.2. The normalized spacial score (nSPS) is 24.7. The van der Waals surface area contributed by atoms with Crippen LogP contribution in [0, 0.1) is 30.1 Å². The van der Waals surface area contributed by atoms with Gasteiger partial charge in [0.1, 0.15) is 23.2 Å². The van der Waals surface area contributed by atoms with Gasteiger partial charge in [0.25, 0.3) is 11.8 Å². The number of nitrogens with one attached hydrogen (secondary N) is 3. The van der Waals surface area contributed by atoms with E-state index in [0.29, 0.717) is 46.7 Å². The molecule has 7 rings (SSSR count). The maximum atomic E-state index is 14.1. The second-order valence-electron chi connectivity index (χ2n) is 15.1. The van der Waals surface area contributed by atoms with Gasteiger partial charge in [0, 0.05) is 19.2 Å². The zero-order valence-electron chi connectivity index (χ0n) is 29.5. The topological polar surface area (TPSA) is 133 Å². The number of hydrogen-bond acceptors (Lipinski definition) is 7. The SMILES string of the molecule is Cc1cc(C(=O)NC[C@H](NC(=O)c2ccc(Oc3ccccc3)cc2)C(=O)N[C@@H](CC(C)C)B2O[C@@H]3C[C@H]4C[C@H](C4(C)C)[C@]3(C)O2)n(C)n1. The first kappa shape index (κ1) is 34.7. The quantitative estimate of drug-likeness (QED) is 0.235. The number of ether oxygens (including phenoxy) is 1. The zero-order chi connectivity index (χ0) is 35.1. The third-order valence-electron chi connectivity index (χ3n) is 10.8. The molecule has 3 saturated carbocycles. The number of amides is 3. The number of aromatic nitrogens is 2. The Morgan fingerprint density at radius 2 is 1.69 bits per heavy atom. The maximum Gasteiger partial charge on any atom is 0.481 e. The summed E-state index contributed by atoms with van der Waals surface area (Å²) in [6.45, 7) is 12.6. The monoisotopic (exact) mass is 669 g/mol. The molecule has 6 atom stereocenters. The Bertz CT molecular complexity index is 1680. The van der Waals surface area contributed by atoms with Crippen LogP contribution in [0.15, 0.2) is 60.7 Å². The standard InChI is InChI=1S/C37H48BN5O6/c1-22(2)17-32(38-48-31-20-25-19-30(36(25,4)5)37(31,6)49-38)41-34(45)28(21-39-35(46)29-18-23(3)42-43(29)7)40-33(44)24-13-15-27(16-14-24)47-26-11-9-8-10-12-26/h8-16,18,22,25,28,30-32H,17,19-21H2,1-7H3,(H,39,46)(H,40,44)(H,41,45)/t25-,28+,30-,31-,32+,37+/m1/s1. The lowest BCUT2D eigenvalue weighted by Gasteiger charge is -2.64. The van der Waals surface area contributed by atoms with Crippen molar-refractivity contribution >= 4 is 24.8 Å². The predicted octanol–water partition coefficient (Wildman–Crippen LogP) is 4.85. The third kappa shape index (κ3) is 7.12. The summed E-state index contributed by atoms with van der Waals surface area (Å²) >= 11 is 0. The average molecular weight is 670 g/mol. The van der Waals surface area contributed by atoms with Crippen LogP contribution in [0.25, 0.3) is 0 Å². The fourth-order valence-electron chi connectivity index (χ4n) is 7.96. The van der Waals surface area contributed by atoms with Crippen molar-refractivity contribution in [3.05, 3.63) is 77.6 Å². The van der Waals surface area contributed by atoms with E-state index in [9.17, 15) is 14.4 Å². The Kier molecular flexibility index (Phi) is 9.65. The molecule has 3 aliphatic carbocycles. The Morgan fingerprint density at radius 3 is 2.33 bits per heavy atom. The minimum Gasteiger partial charge on any atom is -0.457 e. The van der Waals surface area contributed by atoms with Gasteiger partial charge < -0.3 is 30.0 Å². The summed E-state index contributed by atoms with van der Waals surface area (Å²) in [4.78, 5) is 40.7. The number of rotatable bonds is 12. The minimum absolute atomic E-state index is 0.0354. The largest absolute Gasteiger partial charge is 0.481 e. The minimum atomic E-state index is -1.09. The second-order valence-corrected chi connectivity index (χ2v) is 15.1. The molecule has 0 spiro atoms. The van der Waals surface area contributed by atoms with Gasteiger partial charge in [0.05, 0.1) is 23.3 Å². The summed E-state index contributed by atoms with van der Waals surface area (Å²) in [6.07, 6.45) is 2.64. The van der Waals surface area contributed by atoms with Gasteiger partial charge in [0.15, 0.2) is 0 Å². The highest BCUT2D eigenvalue weighted by Crippen LogP contribution is 2.65. The lowest BCUT2D eigenvalue weighted by Crippen LogP contribution is -2.65. The molecule has 49 heavy (non-hydrogen) atoms. The van der Waals surface area contributed by atoms with Gasteiger partial charge in [-0.2, -0.15) is 5.10 Å². The van der Waals surface area contributed by atoms with Crippen LogP contribution in [0.3, 0.4) is 0 Å². The number of benzene rings is 2. The highest BCUT2D eigenvalue weighted by Gasteiger charge is 2.68. The van der Waals surface area contributed by atoms with E-state index in [1.165, 1.54) is 4.68 Å². The molecule has 0 radical (unpaired) electrons. The number of hydrogen-bond donors (Lipinski definition) is 3. The van der Waals surface area contributed by atoms with Crippen LogP contribution in [0.4, 0.5) is 0 Å². The van der Waals surface area contributed by atoms with Crippen molar-refractivity contribution < 1.29 is 28.4 Å².